The van der Waals surface area contributed by atoms with E-state index in [0.29, 0.717) is 24.4 Å². The molecule has 0 bridgehead atoms. The van der Waals surface area contributed by atoms with Crippen LogP contribution in [0.3, 0.4) is 0 Å². The molecule has 0 spiro atoms. The number of amides is 1. The normalized spacial score (nSPS) is 10.7. The number of aryl methyl sites for hydroxylation is 1. The molecule has 0 radical (unpaired) electrons. The molecule has 3 N–H and O–H groups in total. The number of nitrogen functional groups attached to an aromatic ring is 1. The van der Waals surface area contributed by atoms with Gasteiger partial charge in [-0.05, 0) is 36.1 Å². The molecule has 0 saturated carbocycles. The second-order valence-electron chi connectivity index (χ2n) is 6.48. The second-order valence-corrected chi connectivity index (χ2v) is 6.48. The minimum atomic E-state index is -0.220. The summed E-state index contributed by atoms with van der Waals surface area (Å²) in [4.78, 5) is 16.5. The van der Waals surface area contributed by atoms with Gasteiger partial charge in [-0.2, -0.15) is 0 Å². The lowest BCUT2D eigenvalue weighted by Gasteiger charge is -2.09. The van der Waals surface area contributed by atoms with Crippen LogP contribution in [0.5, 0.6) is 0 Å². The van der Waals surface area contributed by atoms with Crippen molar-refractivity contribution in [1.29, 1.82) is 0 Å². The summed E-state index contributed by atoms with van der Waals surface area (Å²) in [5.74, 6) is 0.00193. The predicted octanol–water partition coefficient (Wildman–Crippen LogP) is 3.86. The fraction of sp³-hybridized carbons (Fsp3) is 0.429. The fourth-order valence-electron chi connectivity index (χ4n) is 2.79. The number of hydrogen-bond donors (Lipinski definition) is 2. The first-order valence-corrected chi connectivity index (χ1v) is 9.24. The number of methoxy groups -OCH3 is 1. The van der Waals surface area contributed by atoms with Crippen molar-refractivity contribution in [3.63, 3.8) is 0 Å². The number of carbonyl (C=O) groups is 1. The molecule has 0 aliphatic carbocycles. The fourth-order valence-corrected chi connectivity index (χ4v) is 2.79. The Morgan fingerprint density at radius 1 is 1.08 bits per heavy atom. The molecule has 5 heteroatoms. The quantitative estimate of drug-likeness (QED) is 0.634. The Kier molecular flexibility index (Phi) is 8.09. The van der Waals surface area contributed by atoms with Crippen molar-refractivity contribution in [3.05, 3.63) is 58.8 Å². The van der Waals surface area contributed by atoms with E-state index in [1.54, 1.807) is 19.2 Å². The molecule has 2 aromatic rings. The zero-order valence-corrected chi connectivity index (χ0v) is 15.8. The van der Waals surface area contributed by atoms with E-state index >= 15 is 0 Å². The van der Waals surface area contributed by atoms with Crippen LogP contribution >= 0.6 is 0 Å². The van der Waals surface area contributed by atoms with Gasteiger partial charge in [0.15, 0.2) is 0 Å². The molecule has 0 atom stereocenters. The maximum absolute atomic E-state index is 12.3. The number of pyridine rings is 1. The molecule has 1 aromatic heterocycles. The SMILES string of the molecule is CCCCCCc1ccc(CNC(=O)c2ccc(COC)nc2N)cc1. The Morgan fingerprint density at radius 3 is 2.46 bits per heavy atom. The molecular weight excluding hydrogens is 326 g/mol. The summed E-state index contributed by atoms with van der Waals surface area (Å²) in [6.07, 6.45) is 6.19. The van der Waals surface area contributed by atoms with E-state index in [1.165, 1.54) is 31.2 Å². The van der Waals surface area contributed by atoms with Gasteiger partial charge in [0, 0.05) is 13.7 Å². The Bertz CT molecular complexity index is 699. The summed E-state index contributed by atoms with van der Waals surface area (Å²) in [7, 11) is 1.59. The summed E-state index contributed by atoms with van der Waals surface area (Å²) >= 11 is 0. The Morgan fingerprint density at radius 2 is 1.81 bits per heavy atom. The number of aromatic nitrogens is 1. The van der Waals surface area contributed by atoms with Gasteiger partial charge in [0.05, 0.1) is 17.9 Å². The van der Waals surface area contributed by atoms with Gasteiger partial charge in [-0.25, -0.2) is 4.98 Å². The van der Waals surface area contributed by atoms with Crippen LogP contribution in [-0.4, -0.2) is 18.0 Å². The zero-order chi connectivity index (χ0) is 18.8. The topological polar surface area (TPSA) is 77.2 Å². The summed E-state index contributed by atoms with van der Waals surface area (Å²) in [6, 6.07) is 11.9. The molecule has 2 rings (SSSR count). The van der Waals surface area contributed by atoms with E-state index in [4.69, 9.17) is 10.5 Å². The van der Waals surface area contributed by atoms with Crippen molar-refractivity contribution in [2.24, 2.45) is 0 Å². The minimum Gasteiger partial charge on any atom is -0.383 e. The number of nitrogens with two attached hydrogens (primary N) is 1. The van der Waals surface area contributed by atoms with Crippen LogP contribution in [0.1, 0.15) is 59.8 Å². The van der Waals surface area contributed by atoms with Gasteiger partial charge >= 0.3 is 0 Å². The van der Waals surface area contributed by atoms with Crippen molar-refractivity contribution >= 4 is 11.7 Å². The summed E-state index contributed by atoms with van der Waals surface area (Å²) in [5, 5.41) is 2.90. The van der Waals surface area contributed by atoms with Crippen molar-refractivity contribution in [2.75, 3.05) is 12.8 Å². The standard InChI is InChI=1S/C21H29N3O2/c1-3-4-5-6-7-16-8-10-17(11-9-16)14-23-21(25)19-13-12-18(15-26-2)24-20(19)22/h8-13H,3-7,14-15H2,1-2H3,(H2,22,24)(H,23,25). The van der Waals surface area contributed by atoms with Crippen molar-refractivity contribution < 1.29 is 9.53 Å². The monoisotopic (exact) mass is 355 g/mol. The number of nitrogens with zero attached hydrogens (tertiary/aromatic N) is 1. The van der Waals surface area contributed by atoms with Crippen LogP contribution in [0.25, 0.3) is 0 Å². The molecule has 0 aliphatic rings. The average Bonchev–Trinajstić information content (AvgIpc) is 2.65. The lowest BCUT2D eigenvalue weighted by atomic mass is 10.0. The Balaban J connectivity index is 1.85. The number of unbranched alkanes of at least 4 members (excludes halogenated alkanes) is 3. The number of ether oxygens (including phenoxy) is 1. The van der Waals surface area contributed by atoms with Crippen LogP contribution in [0.4, 0.5) is 5.82 Å². The van der Waals surface area contributed by atoms with Crippen LogP contribution < -0.4 is 11.1 Å². The first-order valence-electron chi connectivity index (χ1n) is 9.24. The number of rotatable bonds is 10. The van der Waals surface area contributed by atoms with Gasteiger partial charge in [-0.1, -0.05) is 50.5 Å². The molecule has 5 nitrogen and oxygen atoms in total. The van der Waals surface area contributed by atoms with E-state index < -0.39 is 0 Å². The highest BCUT2D eigenvalue weighted by Gasteiger charge is 2.11. The number of benzene rings is 1. The first kappa shape index (κ1) is 19.9. The van der Waals surface area contributed by atoms with E-state index in [2.05, 4.69) is 41.5 Å². The van der Waals surface area contributed by atoms with Crippen LogP contribution in [0, 0.1) is 0 Å². The van der Waals surface area contributed by atoms with Crippen molar-refractivity contribution in [3.8, 4) is 0 Å². The molecule has 26 heavy (non-hydrogen) atoms. The molecular formula is C21H29N3O2. The molecule has 0 saturated heterocycles. The Hall–Kier alpha value is -2.40. The molecule has 1 amide bonds. The molecule has 1 heterocycles. The first-order chi connectivity index (χ1) is 12.6. The van der Waals surface area contributed by atoms with Gasteiger partial charge in [0.25, 0.3) is 5.91 Å². The lowest BCUT2D eigenvalue weighted by Crippen LogP contribution is -2.24. The lowest BCUT2D eigenvalue weighted by molar-refractivity contribution is 0.0951. The average molecular weight is 355 g/mol. The van der Waals surface area contributed by atoms with Gasteiger partial charge in [0.1, 0.15) is 5.82 Å². The van der Waals surface area contributed by atoms with E-state index in [0.717, 1.165) is 12.0 Å². The number of anilines is 1. The van der Waals surface area contributed by atoms with Crippen LogP contribution in [0.2, 0.25) is 0 Å². The molecule has 0 unspecified atom stereocenters. The molecule has 0 fully saturated rings. The third-order valence-corrected chi connectivity index (χ3v) is 4.31. The highest BCUT2D eigenvalue weighted by Crippen LogP contribution is 2.12. The number of carbonyl (C=O) groups excluding carboxylic acids is 1. The van der Waals surface area contributed by atoms with Gasteiger partial charge in [-0.3, -0.25) is 4.79 Å². The van der Waals surface area contributed by atoms with Crippen LogP contribution in [-0.2, 0) is 24.3 Å². The van der Waals surface area contributed by atoms with Crippen molar-refractivity contribution in [1.82, 2.24) is 10.3 Å². The number of hydrogen-bond acceptors (Lipinski definition) is 4. The van der Waals surface area contributed by atoms with E-state index in [1.807, 2.05) is 0 Å². The van der Waals surface area contributed by atoms with Gasteiger partial charge in [0.2, 0.25) is 0 Å². The maximum atomic E-state index is 12.3. The maximum Gasteiger partial charge on any atom is 0.255 e. The third-order valence-electron chi connectivity index (χ3n) is 4.31. The molecule has 1 aromatic carbocycles. The highest BCUT2D eigenvalue weighted by atomic mass is 16.5. The smallest absolute Gasteiger partial charge is 0.255 e. The third kappa shape index (κ3) is 6.15. The predicted molar refractivity (Wildman–Crippen MR) is 105 cm³/mol. The van der Waals surface area contributed by atoms with Crippen molar-refractivity contribution in [2.45, 2.75) is 52.2 Å². The Labute approximate surface area is 156 Å². The second kappa shape index (κ2) is 10.6. The summed E-state index contributed by atoms with van der Waals surface area (Å²) in [6.45, 7) is 3.06. The molecule has 140 valence electrons. The van der Waals surface area contributed by atoms with E-state index in [9.17, 15) is 4.79 Å². The minimum absolute atomic E-state index is 0.220. The van der Waals surface area contributed by atoms with Gasteiger partial charge < -0.3 is 15.8 Å². The largest absolute Gasteiger partial charge is 0.383 e. The number of nitrogens with one attached hydrogen (secondary N) is 1. The highest BCUT2D eigenvalue weighted by molar-refractivity contribution is 5.98. The van der Waals surface area contributed by atoms with Crippen LogP contribution in [0.15, 0.2) is 36.4 Å². The summed E-state index contributed by atoms with van der Waals surface area (Å²) < 4.78 is 5.02. The van der Waals surface area contributed by atoms with E-state index in [-0.39, 0.29) is 11.7 Å². The van der Waals surface area contributed by atoms with Gasteiger partial charge in [-0.15, -0.1) is 0 Å². The molecule has 0 aliphatic heterocycles. The zero-order valence-electron chi connectivity index (χ0n) is 15.8. The summed E-state index contributed by atoms with van der Waals surface area (Å²) in [5.41, 5.74) is 9.39.